The van der Waals surface area contributed by atoms with Crippen LogP contribution in [0.1, 0.15) is 33.3 Å². The minimum Gasteiger partial charge on any atom is -0.493 e. The van der Waals surface area contributed by atoms with E-state index in [0.717, 1.165) is 0 Å². The zero-order valence-electron chi connectivity index (χ0n) is 10.9. The van der Waals surface area contributed by atoms with Gasteiger partial charge in [0.2, 0.25) is 0 Å². The van der Waals surface area contributed by atoms with Gasteiger partial charge < -0.3 is 14.6 Å². The van der Waals surface area contributed by atoms with Crippen molar-refractivity contribution in [3.8, 4) is 11.5 Å². The highest BCUT2D eigenvalue weighted by molar-refractivity contribution is 6.31. The Morgan fingerprint density at radius 1 is 1.24 bits per heavy atom. The van der Waals surface area contributed by atoms with Crippen LogP contribution in [0.25, 0.3) is 0 Å². The first kappa shape index (κ1) is 14.1. The second-order valence-electron chi connectivity index (χ2n) is 4.71. The van der Waals surface area contributed by atoms with Crippen LogP contribution < -0.4 is 9.47 Å². The molecule has 1 rings (SSSR count). The molecule has 1 aromatic rings. The normalized spacial score (nSPS) is 11.8. The van der Waals surface area contributed by atoms with Crippen LogP contribution in [0, 0.1) is 0 Å². The zero-order chi connectivity index (χ0) is 13.2. The van der Waals surface area contributed by atoms with Crippen molar-refractivity contribution >= 4 is 11.6 Å². The molecule has 0 radical (unpaired) electrons. The average Bonchev–Trinajstić information content (AvgIpc) is 2.17. The molecule has 0 amide bonds. The Labute approximate surface area is 107 Å². The molecular weight excluding hydrogens is 240 g/mol. The van der Waals surface area contributed by atoms with Gasteiger partial charge in [0.05, 0.1) is 23.8 Å². The zero-order valence-corrected chi connectivity index (χ0v) is 11.6. The SMILES string of the molecule is COc1cc(Cl)c(C(C)(C)O)cc1OC(C)C. The highest BCUT2D eigenvalue weighted by Crippen LogP contribution is 2.38. The summed E-state index contributed by atoms with van der Waals surface area (Å²) in [6, 6.07) is 3.38. The lowest BCUT2D eigenvalue weighted by Gasteiger charge is -2.22. The highest BCUT2D eigenvalue weighted by Gasteiger charge is 2.22. The molecule has 0 saturated heterocycles. The minimum atomic E-state index is -1.02. The summed E-state index contributed by atoms with van der Waals surface area (Å²) < 4.78 is 10.8. The fourth-order valence-corrected chi connectivity index (χ4v) is 1.89. The fourth-order valence-electron chi connectivity index (χ4n) is 1.51. The van der Waals surface area contributed by atoms with Gasteiger partial charge in [0, 0.05) is 11.6 Å². The number of rotatable bonds is 4. The number of methoxy groups -OCH3 is 1. The van der Waals surface area contributed by atoms with Gasteiger partial charge in [-0.3, -0.25) is 0 Å². The largest absolute Gasteiger partial charge is 0.493 e. The summed E-state index contributed by atoms with van der Waals surface area (Å²) in [6.45, 7) is 7.22. The number of benzene rings is 1. The Kier molecular flexibility index (Phi) is 4.28. The second kappa shape index (κ2) is 5.15. The molecule has 0 atom stereocenters. The van der Waals surface area contributed by atoms with Crippen molar-refractivity contribution in [2.45, 2.75) is 39.4 Å². The standard InChI is InChI=1S/C13H19ClO3/c1-8(2)17-12-6-9(13(3,4)15)10(14)7-11(12)16-5/h6-8,15H,1-5H3. The maximum absolute atomic E-state index is 10.0. The van der Waals surface area contributed by atoms with E-state index >= 15 is 0 Å². The third-order valence-electron chi connectivity index (χ3n) is 2.28. The first-order chi connectivity index (χ1) is 7.75. The molecule has 17 heavy (non-hydrogen) atoms. The van der Waals surface area contributed by atoms with Crippen LogP contribution in [-0.4, -0.2) is 18.3 Å². The Balaban J connectivity index is 3.27. The predicted octanol–water partition coefficient (Wildman–Crippen LogP) is 3.36. The van der Waals surface area contributed by atoms with E-state index in [0.29, 0.717) is 22.1 Å². The number of aliphatic hydroxyl groups is 1. The van der Waals surface area contributed by atoms with E-state index in [-0.39, 0.29) is 6.10 Å². The van der Waals surface area contributed by atoms with Crippen molar-refractivity contribution in [3.63, 3.8) is 0 Å². The van der Waals surface area contributed by atoms with Crippen molar-refractivity contribution in [1.82, 2.24) is 0 Å². The molecule has 3 nitrogen and oxygen atoms in total. The third-order valence-corrected chi connectivity index (χ3v) is 2.59. The second-order valence-corrected chi connectivity index (χ2v) is 5.12. The molecule has 1 aromatic carbocycles. The molecule has 0 fully saturated rings. The summed E-state index contributed by atoms with van der Waals surface area (Å²) in [5.41, 5.74) is -0.394. The van der Waals surface area contributed by atoms with Gasteiger partial charge in [0.15, 0.2) is 11.5 Å². The van der Waals surface area contributed by atoms with Gasteiger partial charge >= 0.3 is 0 Å². The lowest BCUT2D eigenvalue weighted by Crippen LogP contribution is -2.17. The quantitative estimate of drug-likeness (QED) is 0.900. The van der Waals surface area contributed by atoms with Crippen LogP contribution in [0.3, 0.4) is 0 Å². The molecule has 0 heterocycles. The molecule has 0 spiro atoms. The van der Waals surface area contributed by atoms with Gasteiger partial charge in [0.1, 0.15) is 0 Å². The fraction of sp³-hybridized carbons (Fsp3) is 0.538. The van der Waals surface area contributed by atoms with Gasteiger partial charge in [0.25, 0.3) is 0 Å². The van der Waals surface area contributed by atoms with Crippen molar-refractivity contribution in [3.05, 3.63) is 22.7 Å². The molecule has 1 N–H and O–H groups in total. The van der Waals surface area contributed by atoms with E-state index in [2.05, 4.69) is 0 Å². The monoisotopic (exact) mass is 258 g/mol. The van der Waals surface area contributed by atoms with E-state index in [1.54, 1.807) is 33.1 Å². The Bertz CT molecular complexity index is 394. The predicted molar refractivity (Wildman–Crippen MR) is 69.0 cm³/mol. The van der Waals surface area contributed by atoms with E-state index < -0.39 is 5.60 Å². The van der Waals surface area contributed by atoms with Crippen molar-refractivity contribution in [2.75, 3.05) is 7.11 Å². The Morgan fingerprint density at radius 3 is 2.24 bits per heavy atom. The van der Waals surface area contributed by atoms with Crippen LogP contribution in [-0.2, 0) is 5.60 Å². The summed E-state index contributed by atoms with van der Waals surface area (Å²) in [6.07, 6.45) is 0.0275. The maximum atomic E-state index is 10.0. The summed E-state index contributed by atoms with van der Waals surface area (Å²) in [5.74, 6) is 1.15. The lowest BCUT2D eigenvalue weighted by atomic mass is 9.98. The molecule has 0 saturated carbocycles. The summed E-state index contributed by atoms with van der Waals surface area (Å²) >= 11 is 6.11. The van der Waals surface area contributed by atoms with Crippen LogP contribution in [0.2, 0.25) is 5.02 Å². The number of ether oxygens (including phenoxy) is 2. The highest BCUT2D eigenvalue weighted by atomic mass is 35.5. The maximum Gasteiger partial charge on any atom is 0.162 e. The van der Waals surface area contributed by atoms with Crippen LogP contribution in [0.5, 0.6) is 11.5 Å². The molecule has 0 aliphatic rings. The molecule has 0 bridgehead atoms. The Hall–Kier alpha value is -0.930. The van der Waals surface area contributed by atoms with Crippen molar-refractivity contribution in [2.24, 2.45) is 0 Å². The van der Waals surface area contributed by atoms with Gasteiger partial charge in [-0.1, -0.05) is 11.6 Å². The average molecular weight is 259 g/mol. The van der Waals surface area contributed by atoms with E-state index in [4.69, 9.17) is 21.1 Å². The molecule has 0 aliphatic carbocycles. The van der Waals surface area contributed by atoms with Gasteiger partial charge in [-0.05, 0) is 33.8 Å². The van der Waals surface area contributed by atoms with Crippen LogP contribution in [0.4, 0.5) is 0 Å². The number of hydrogen-bond acceptors (Lipinski definition) is 3. The number of hydrogen-bond donors (Lipinski definition) is 1. The van der Waals surface area contributed by atoms with E-state index in [1.165, 1.54) is 0 Å². The molecule has 0 unspecified atom stereocenters. The number of halogens is 1. The molecular formula is C13H19ClO3. The summed E-state index contributed by atoms with van der Waals surface area (Å²) in [5, 5.41) is 10.5. The Morgan fingerprint density at radius 2 is 1.82 bits per heavy atom. The third kappa shape index (κ3) is 3.51. The molecule has 0 aliphatic heterocycles. The lowest BCUT2D eigenvalue weighted by molar-refractivity contribution is 0.0781. The first-order valence-corrected chi connectivity index (χ1v) is 5.90. The summed E-state index contributed by atoms with van der Waals surface area (Å²) in [7, 11) is 1.56. The van der Waals surface area contributed by atoms with Gasteiger partial charge in [-0.15, -0.1) is 0 Å². The van der Waals surface area contributed by atoms with Crippen molar-refractivity contribution in [1.29, 1.82) is 0 Å². The van der Waals surface area contributed by atoms with Crippen LogP contribution >= 0.6 is 11.6 Å². The summed E-state index contributed by atoms with van der Waals surface area (Å²) in [4.78, 5) is 0. The van der Waals surface area contributed by atoms with Crippen LogP contribution in [0.15, 0.2) is 12.1 Å². The minimum absolute atomic E-state index is 0.0275. The first-order valence-electron chi connectivity index (χ1n) is 5.52. The smallest absolute Gasteiger partial charge is 0.162 e. The van der Waals surface area contributed by atoms with E-state index in [9.17, 15) is 5.11 Å². The van der Waals surface area contributed by atoms with Gasteiger partial charge in [-0.2, -0.15) is 0 Å². The topological polar surface area (TPSA) is 38.7 Å². The van der Waals surface area contributed by atoms with Gasteiger partial charge in [-0.25, -0.2) is 0 Å². The molecule has 96 valence electrons. The molecule has 0 aromatic heterocycles. The van der Waals surface area contributed by atoms with Crippen molar-refractivity contribution < 1.29 is 14.6 Å². The van der Waals surface area contributed by atoms with E-state index in [1.807, 2.05) is 13.8 Å². The molecule has 4 heteroatoms.